The molecule has 0 unspecified atom stereocenters. The predicted octanol–water partition coefficient (Wildman–Crippen LogP) is 1.55. The highest BCUT2D eigenvalue weighted by atomic mass is 14.9. The fraction of sp³-hybridized carbons (Fsp3) is 0.500. The molecule has 1 N–H and O–H groups in total. The summed E-state index contributed by atoms with van der Waals surface area (Å²) in [5, 5.41) is 3.36. The molecule has 12 heavy (non-hydrogen) atoms. The van der Waals surface area contributed by atoms with E-state index in [9.17, 15) is 0 Å². The Balaban J connectivity index is 2.08. The van der Waals surface area contributed by atoms with Crippen LogP contribution in [-0.2, 0) is 0 Å². The Morgan fingerprint density at radius 2 is 2.17 bits per heavy atom. The van der Waals surface area contributed by atoms with Gasteiger partial charge in [0.1, 0.15) is 0 Å². The van der Waals surface area contributed by atoms with E-state index in [1.807, 2.05) is 18.5 Å². The highest BCUT2D eigenvalue weighted by Gasteiger charge is 2.14. The van der Waals surface area contributed by atoms with Crippen molar-refractivity contribution >= 4 is 0 Å². The zero-order valence-corrected chi connectivity index (χ0v) is 7.16. The summed E-state index contributed by atoms with van der Waals surface area (Å²) >= 11 is 0. The van der Waals surface area contributed by atoms with Gasteiger partial charge in [0.25, 0.3) is 0 Å². The van der Waals surface area contributed by atoms with E-state index in [2.05, 4.69) is 16.4 Å². The third kappa shape index (κ3) is 1.64. The molecule has 1 aliphatic heterocycles. The lowest BCUT2D eigenvalue weighted by Crippen LogP contribution is -2.26. The van der Waals surface area contributed by atoms with Gasteiger partial charge < -0.3 is 5.32 Å². The summed E-state index contributed by atoms with van der Waals surface area (Å²) in [6.45, 7) is 2.30. The lowest BCUT2D eigenvalue weighted by atomic mass is 9.91. The smallest absolute Gasteiger partial charge is 0.0302 e. The van der Waals surface area contributed by atoms with Crippen molar-refractivity contribution in [3.63, 3.8) is 0 Å². The third-order valence-corrected chi connectivity index (χ3v) is 2.49. The summed E-state index contributed by atoms with van der Waals surface area (Å²) in [7, 11) is 0. The molecule has 1 saturated heterocycles. The van der Waals surface area contributed by atoms with Gasteiger partial charge in [-0.2, -0.15) is 0 Å². The fourth-order valence-electron chi connectivity index (χ4n) is 1.77. The second-order valence-electron chi connectivity index (χ2n) is 3.31. The van der Waals surface area contributed by atoms with E-state index < -0.39 is 0 Å². The quantitative estimate of drug-likeness (QED) is 0.677. The van der Waals surface area contributed by atoms with Gasteiger partial charge in [-0.15, -0.1) is 0 Å². The second kappa shape index (κ2) is 3.68. The van der Waals surface area contributed by atoms with Crippen LogP contribution in [0.3, 0.4) is 0 Å². The molecule has 0 aromatic carbocycles. The summed E-state index contributed by atoms with van der Waals surface area (Å²) in [5.41, 5.74) is 1.40. The third-order valence-electron chi connectivity index (χ3n) is 2.49. The minimum atomic E-state index is 0.736. The Hall–Kier alpha value is -0.890. The predicted molar refractivity (Wildman–Crippen MR) is 49.1 cm³/mol. The number of hydrogen-bond donors (Lipinski definition) is 1. The van der Waals surface area contributed by atoms with Crippen molar-refractivity contribution in [2.45, 2.75) is 18.8 Å². The molecule has 0 amide bonds. The van der Waals surface area contributed by atoms with Crippen LogP contribution in [0.2, 0.25) is 0 Å². The van der Waals surface area contributed by atoms with Crippen molar-refractivity contribution in [3.05, 3.63) is 30.1 Å². The topological polar surface area (TPSA) is 24.9 Å². The number of piperidine rings is 1. The van der Waals surface area contributed by atoms with Crippen LogP contribution < -0.4 is 5.32 Å². The van der Waals surface area contributed by atoms with Crippen molar-refractivity contribution in [1.29, 1.82) is 0 Å². The van der Waals surface area contributed by atoms with E-state index in [0.29, 0.717) is 0 Å². The van der Waals surface area contributed by atoms with E-state index in [1.54, 1.807) is 0 Å². The molecule has 2 heteroatoms. The summed E-state index contributed by atoms with van der Waals surface area (Å²) < 4.78 is 0. The van der Waals surface area contributed by atoms with Crippen LogP contribution in [0.15, 0.2) is 24.5 Å². The first-order valence-electron chi connectivity index (χ1n) is 4.57. The first-order valence-corrected chi connectivity index (χ1v) is 4.57. The van der Waals surface area contributed by atoms with Crippen LogP contribution in [0.1, 0.15) is 24.3 Å². The number of hydrogen-bond acceptors (Lipinski definition) is 2. The van der Waals surface area contributed by atoms with Crippen molar-refractivity contribution in [3.8, 4) is 0 Å². The molecule has 2 nitrogen and oxygen atoms in total. The minimum absolute atomic E-state index is 0.736. The standard InChI is InChI=1S/C10H14N2/c1-2-10(8-12-5-1)9-3-6-11-7-4-9/h1-2,5,8-9,11H,3-4,6-7H2. The zero-order chi connectivity index (χ0) is 8.23. The molecule has 1 aromatic rings. The zero-order valence-electron chi connectivity index (χ0n) is 7.16. The van der Waals surface area contributed by atoms with Crippen molar-refractivity contribution in [2.75, 3.05) is 13.1 Å². The molecular formula is C10H14N2. The Labute approximate surface area is 73.0 Å². The van der Waals surface area contributed by atoms with Crippen LogP contribution in [0, 0.1) is 0 Å². The van der Waals surface area contributed by atoms with E-state index in [-0.39, 0.29) is 0 Å². The molecule has 0 radical (unpaired) electrons. The van der Waals surface area contributed by atoms with Crippen LogP contribution in [0.4, 0.5) is 0 Å². The lowest BCUT2D eigenvalue weighted by molar-refractivity contribution is 0.459. The van der Waals surface area contributed by atoms with Crippen LogP contribution in [0.5, 0.6) is 0 Å². The van der Waals surface area contributed by atoms with Crippen molar-refractivity contribution < 1.29 is 0 Å². The minimum Gasteiger partial charge on any atom is -0.317 e. The molecule has 0 spiro atoms. The molecule has 0 bridgehead atoms. The molecule has 1 aliphatic rings. The number of pyridine rings is 1. The average molecular weight is 162 g/mol. The monoisotopic (exact) mass is 162 g/mol. The molecule has 1 aromatic heterocycles. The van der Waals surface area contributed by atoms with Crippen LogP contribution in [-0.4, -0.2) is 18.1 Å². The van der Waals surface area contributed by atoms with Gasteiger partial charge in [-0.05, 0) is 43.5 Å². The summed E-state index contributed by atoms with van der Waals surface area (Å²) in [5.74, 6) is 0.736. The van der Waals surface area contributed by atoms with Gasteiger partial charge in [-0.3, -0.25) is 4.98 Å². The molecular weight excluding hydrogens is 148 g/mol. The molecule has 64 valence electrons. The number of rotatable bonds is 1. The highest BCUT2D eigenvalue weighted by molar-refractivity contribution is 5.15. The Kier molecular flexibility index (Phi) is 2.37. The van der Waals surface area contributed by atoms with Gasteiger partial charge in [0, 0.05) is 12.4 Å². The first kappa shape index (κ1) is 7.74. The van der Waals surface area contributed by atoms with Crippen molar-refractivity contribution in [2.24, 2.45) is 0 Å². The van der Waals surface area contributed by atoms with E-state index in [1.165, 1.54) is 18.4 Å². The number of nitrogens with one attached hydrogen (secondary N) is 1. The molecule has 2 rings (SSSR count). The lowest BCUT2D eigenvalue weighted by Gasteiger charge is -2.22. The van der Waals surface area contributed by atoms with Crippen molar-refractivity contribution in [1.82, 2.24) is 10.3 Å². The van der Waals surface area contributed by atoms with E-state index in [4.69, 9.17) is 0 Å². The normalized spacial score (nSPS) is 19.3. The maximum absolute atomic E-state index is 4.14. The Morgan fingerprint density at radius 3 is 2.83 bits per heavy atom. The molecule has 1 fully saturated rings. The van der Waals surface area contributed by atoms with Gasteiger partial charge in [0.15, 0.2) is 0 Å². The molecule has 2 heterocycles. The Morgan fingerprint density at radius 1 is 1.33 bits per heavy atom. The van der Waals surface area contributed by atoms with Gasteiger partial charge in [-0.25, -0.2) is 0 Å². The summed E-state index contributed by atoms with van der Waals surface area (Å²) in [6, 6.07) is 4.21. The first-order chi connectivity index (χ1) is 5.97. The van der Waals surface area contributed by atoms with Crippen LogP contribution >= 0.6 is 0 Å². The maximum atomic E-state index is 4.14. The maximum Gasteiger partial charge on any atom is 0.0302 e. The summed E-state index contributed by atoms with van der Waals surface area (Å²) in [4.78, 5) is 4.14. The van der Waals surface area contributed by atoms with Gasteiger partial charge >= 0.3 is 0 Å². The SMILES string of the molecule is c1cncc(C2CCNCC2)c1. The Bertz CT molecular complexity index is 227. The molecule has 0 aliphatic carbocycles. The summed E-state index contributed by atoms with van der Waals surface area (Å²) in [6.07, 6.45) is 6.35. The van der Waals surface area contributed by atoms with Crippen LogP contribution in [0.25, 0.3) is 0 Å². The van der Waals surface area contributed by atoms with Gasteiger partial charge in [-0.1, -0.05) is 6.07 Å². The molecule has 0 saturated carbocycles. The van der Waals surface area contributed by atoms with E-state index in [0.717, 1.165) is 19.0 Å². The van der Waals surface area contributed by atoms with Gasteiger partial charge in [0.2, 0.25) is 0 Å². The second-order valence-corrected chi connectivity index (χ2v) is 3.31. The largest absolute Gasteiger partial charge is 0.317 e. The fourth-order valence-corrected chi connectivity index (χ4v) is 1.77. The van der Waals surface area contributed by atoms with Gasteiger partial charge in [0.05, 0.1) is 0 Å². The number of aromatic nitrogens is 1. The number of nitrogens with zero attached hydrogens (tertiary/aromatic N) is 1. The highest BCUT2D eigenvalue weighted by Crippen LogP contribution is 2.23. The van der Waals surface area contributed by atoms with E-state index >= 15 is 0 Å². The molecule has 0 atom stereocenters. The average Bonchev–Trinajstić information content (AvgIpc) is 2.21.